The lowest BCUT2D eigenvalue weighted by atomic mass is 10.1. The first kappa shape index (κ1) is 20.3. The van der Waals surface area contributed by atoms with E-state index in [2.05, 4.69) is 4.98 Å². The zero-order valence-corrected chi connectivity index (χ0v) is 18.9. The molecule has 4 heterocycles. The van der Waals surface area contributed by atoms with Crippen LogP contribution in [0.4, 0.5) is 4.39 Å². The molecule has 5 aromatic rings. The summed E-state index contributed by atoms with van der Waals surface area (Å²) in [6.07, 6.45) is 0.957. The maximum absolute atomic E-state index is 14.4. The number of halogens is 1. The number of fused-ring (bicyclic) bond motifs is 2. The number of aromatic nitrogens is 2. The van der Waals surface area contributed by atoms with Crippen LogP contribution in [0, 0.1) is 5.82 Å². The third-order valence-corrected chi connectivity index (χ3v) is 7.35. The first-order chi connectivity index (χ1) is 16.2. The number of benzene rings is 2. The Kier molecular flexibility index (Phi) is 5.05. The maximum atomic E-state index is 14.4. The molecule has 3 aromatic heterocycles. The van der Waals surface area contributed by atoms with Gasteiger partial charge in [0.2, 0.25) is 6.29 Å². The fourth-order valence-electron chi connectivity index (χ4n) is 3.97. The molecule has 1 atom stereocenters. The third-order valence-electron chi connectivity index (χ3n) is 5.56. The molecule has 1 aliphatic heterocycles. The summed E-state index contributed by atoms with van der Waals surface area (Å²) >= 11 is 3.03. The molecule has 1 aliphatic rings. The van der Waals surface area contributed by atoms with Crippen molar-refractivity contribution >= 4 is 32.9 Å². The summed E-state index contributed by atoms with van der Waals surface area (Å²) in [5.41, 5.74) is 2.99. The average Bonchev–Trinajstić information content (AvgIpc) is 3.52. The van der Waals surface area contributed by atoms with Crippen LogP contribution in [0.2, 0.25) is 0 Å². The fourth-order valence-corrected chi connectivity index (χ4v) is 5.62. The van der Waals surface area contributed by atoms with Gasteiger partial charge in [-0.25, -0.2) is 9.37 Å². The van der Waals surface area contributed by atoms with Crippen molar-refractivity contribution in [1.82, 2.24) is 9.55 Å². The molecule has 0 N–H and O–H groups in total. The molecule has 0 bridgehead atoms. The highest BCUT2D eigenvalue weighted by atomic mass is 32.1. The van der Waals surface area contributed by atoms with Crippen molar-refractivity contribution in [3.63, 3.8) is 0 Å². The minimum absolute atomic E-state index is 0.148. The molecule has 0 amide bonds. The van der Waals surface area contributed by atoms with Gasteiger partial charge < -0.3 is 9.47 Å². The van der Waals surface area contributed by atoms with Crippen LogP contribution in [0.25, 0.3) is 20.7 Å². The number of hydrogen-bond acceptors (Lipinski definition) is 6. The smallest absolute Gasteiger partial charge is 0.262 e. The van der Waals surface area contributed by atoms with E-state index in [4.69, 9.17) is 9.47 Å². The molecule has 33 heavy (non-hydrogen) atoms. The van der Waals surface area contributed by atoms with Crippen LogP contribution in [0.1, 0.15) is 23.0 Å². The molecule has 0 spiro atoms. The summed E-state index contributed by atoms with van der Waals surface area (Å²) in [4.78, 5) is 19.4. The van der Waals surface area contributed by atoms with E-state index in [1.165, 1.54) is 34.4 Å². The van der Waals surface area contributed by atoms with E-state index in [1.807, 2.05) is 53.2 Å². The summed E-state index contributed by atoms with van der Waals surface area (Å²) in [5.74, 6) is 0.162. The predicted octanol–water partition coefficient (Wildman–Crippen LogP) is 5.98. The normalized spacial score (nSPS) is 15.4. The lowest BCUT2D eigenvalue weighted by Crippen LogP contribution is -2.23. The van der Waals surface area contributed by atoms with E-state index in [0.29, 0.717) is 27.1 Å². The molecule has 1 unspecified atom stereocenters. The maximum Gasteiger partial charge on any atom is 0.262 e. The topological polar surface area (TPSA) is 53.4 Å². The van der Waals surface area contributed by atoms with Crippen molar-refractivity contribution in [2.75, 3.05) is 0 Å². The number of ether oxygens (including phenoxy) is 2. The minimum atomic E-state index is -0.560. The Morgan fingerprint density at radius 1 is 1.15 bits per heavy atom. The van der Waals surface area contributed by atoms with Crippen LogP contribution < -0.4 is 10.3 Å². The summed E-state index contributed by atoms with van der Waals surface area (Å²) in [5, 5.41) is 4.46. The van der Waals surface area contributed by atoms with Gasteiger partial charge in [-0.3, -0.25) is 9.36 Å². The molecule has 5 nitrogen and oxygen atoms in total. The SMILES string of the molecule is O=c1c2cc(-c3ccccc3)sc2ncn1Cc1cc(F)cc2c1OC(c1ccsc1)OC2. The van der Waals surface area contributed by atoms with Crippen LogP contribution in [0.15, 0.2) is 76.5 Å². The van der Waals surface area contributed by atoms with Crippen LogP contribution in [-0.2, 0) is 17.9 Å². The molecule has 6 rings (SSSR count). The van der Waals surface area contributed by atoms with Crippen molar-refractivity contribution in [2.45, 2.75) is 19.4 Å². The number of thiophene rings is 2. The summed E-state index contributed by atoms with van der Waals surface area (Å²) < 4.78 is 27.7. The van der Waals surface area contributed by atoms with Gasteiger partial charge in [-0.05, 0) is 35.2 Å². The van der Waals surface area contributed by atoms with Crippen LogP contribution >= 0.6 is 22.7 Å². The van der Waals surface area contributed by atoms with E-state index in [-0.39, 0.29) is 18.7 Å². The molecule has 8 heteroatoms. The van der Waals surface area contributed by atoms with Crippen molar-refractivity contribution < 1.29 is 13.9 Å². The molecule has 0 aliphatic carbocycles. The number of nitrogens with zero attached hydrogens (tertiary/aromatic N) is 2. The lowest BCUT2D eigenvalue weighted by Gasteiger charge is -2.28. The fraction of sp³-hybridized carbons (Fsp3) is 0.120. The standard InChI is InChI=1S/C25H17FN2O3S2/c26-19-8-17(22-18(9-19)12-30-25(31-22)16-6-7-32-13-16)11-28-14-27-23-20(24(28)29)10-21(33-23)15-4-2-1-3-5-15/h1-10,13-14,25H,11-12H2. The summed E-state index contributed by atoms with van der Waals surface area (Å²) in [6.45, 7) is 0.381. The molecule has 164 valence electrons. The van der Waals surface area contributed by atoms with E-state index in [1.54, 1.807) is 11.3 Å². The van der Waals surface area contributed by atoms with Gasteiger partial charge in [-0.15, -0.1) is 11.3 Å². The Labute approximate surface area is 196 Å². The van der Waals surface area contributed by atoms with E-state index < -0.39 is 12.1 Å². The second kappa shape index (κ2) is 8.22. The number of rotatable bonds is 4. The highest BCUT2D eigenvalue weighted by Gasteiger charge is 2.26. The van der Waals surface area contributed by atoms with Gasteiger partial charge in [0.15, 0.2) is 0 Å². The van der Waals surface area contributed by atoms with Crippen LogP contribution in [0.5, 0.6) is 5.75 Å². The average molecular weight is 477 g/mol. The third kappa shape index (κ3) is 3.76. The van der Waals surface area contributed by atoms with Gasteiger partial charge in [0.1, 0.15) is 16.4 Å². The highest BCUT2D eigenvalue weighted by Crippen LogP contribution is 2.37. The minimum Gasteiger partial charge on any atom is -0.460 e. The first-order valence-corrected chi connectivity index (χ1v) is 12.1. The quantitative estimate of drug-likeness (QED) is 0.320. The molecule has 0 radical (unpaired) electrons. The van der Waals surface area contributed by atoms with Gasteiger partial charge >= 0.3 is 0 Å². The zero-order valence-electron chi connectivity index (χ0n) is 17.2. The predicted molar refractivity (Wildman–Crippen MR) is 127 cm³/mol. The Morgan fingerprint density at radius 3 is 2.85 bits per heavy atom. The summed E-state index contributed by atoms with van der Waals surface area (Å²) in [6, 6.07) is 16.5. The van der Waals surface area contributed by atoms with Crippen molar-refractivity contribution in [1.29, 1.82) is 0 Å². The molecule has 2 aromatic carbocycles. The first-order valence-electron chi connectivity index (χ1n) is 10.3. The Morgan fingerprint density at radius 2 is 2.03 bits per heavy atom. The molecular formula is C25H17FN2O3S2. The van der Waals surface area contributed by atoms with Crippen molar-refractivity contribution in [3.05, 3.63) is 105 Å². The highest BCUT2D eigenvalue weighted by molar-refractivity contribution is 7.21. The van der Waals surface area contributed by atoms with E-state index in [0.717, 1.165) is 16.0 Å². The van der Waals surface area contributed by atoms with Crippen LogP contribution in [0.3, 0.4) is 0 Å². The van der Waals surface area contributed by atoms with Crippen LogP contribution in [-0.4, -0.2) is 9.55 Å². The van der Waals surface area contributed by atoms with Gasteiger partial charge in [-0.1, -0.05) is 30.3 Å². The Bertz CT molecular complexity index is 1510. The zero-order chi connectivity index (χ0) is 22.4. The van der Waals surface area contributed by atoms with Gasteiger partial charge in [0, 0.05) is 26.9 Å². The van der Waals surface area contributed by atoms with E-state index >= 15 is 0 Å². The molecule has 0 saturated heterocycles. The Hall–Kier alpha value is -3.33. The lowest BCUT2D eigenvalue weighted by molar-refractivity contribution is -0.111. The van der Waals surface area contributed by atoms with Gasteiger partial charge in [0.05, 0.1) is 24.9 Å². The van der Waals surface area contributed by atoms with Gasteiger partial charge in [-0.2, -0.15) is 11.3 Å². The Balaban J connectivity index is 1.38. The van der Waals surface area contributed by atoms with Crippen molar-refractivity contribution in [2.24, 2.45) is 0 Å². The van der Waals surface area contributed by atoms with Gasteiger partial charge in [0.25, 0.3) is 5.56 Å². The monoisotopic (exact) mass is 476 g/mol. The van der Waals surface area contributed by atoms with E-state index in [9.17, 15) is 9.18 Å². The summed E-state index contributed by atoms with van der Waals surface area (Å²) in [7, 11) is 0. The molecular weight excluding hydrogens is 459 g/mol. The molecule has 0 saturated carbocycles. The van der Waals surface area contributed by atoms with Crippen molar-refractivity contribution in [3.8, 4) is 16.2 Å². The second-order valence-electron chi connectivity index (χ2n) is 7.74. The largest absolute Gasteiger partial charge is 0.460 e. The number of hydrogen-bond donors (Lipinski definition) is 0. The second-order valence-corrected chi connectivity index (χ2v) is 9.55. The molecule has 0 fully saturated rings.